The van der Waals surface area contributed by atoms with Gasteiger partial charge in [-0.05, 0) is 43.7 Å². The van der Waals surface area contributed by atoms with Gasteiger partial charge in [-0.15, -0.1) is 0 Å². The molecule has 0 aliphatic rings. The van der Waals surface area contributed by atoms with Crippen LogP contribution in [0, 0.1) is 29.9 Å². The van der Waals surface area contributed by atoms with E-state index < -0.39 is 11.6 Å². The van der Waals surface area contributed by atoms with Crippen molar-refractivity contribution in [1.29, 1.82) is 5.26 Å². The van der Waals surface area contributed by atoms with E-state index in [1.165, 1.54) is 12.1 Å². The number of benzene rings is 2. The Balaban J connectivity index is 2.54. The fraction of sp³-hybridized carbons (Fsp3) is 0.188. The van der Waals surface area contributed by atoms with Crippen LogP contribution in [-0.4, -0.2) is 6.54 Å². The highest BCUT2D eigenvalue weighted by atomic mass is 19.2. The van der Waals surface area contributed by atoms with Crippen LogP contribution in [0.1, 0.15) is 18.1 Å². The molecule has 20 heavy (non-hydrogen) atoms. The van der Waals surface area contributed by atoms with Gasteiger partial charge in [-0.1, -0.05) is 12.1 Å². The lowest BCUT2D eigenvalue weighted by Gasteiger charge is -2.24. The van der Waals surface area contributed by atoms with E-state index in [1.807, 2.05) is 38.1 Å². The molecule has 0 aliphatic heterocycles. The summed E-state index contributed by atoms with van der Waals surface area (Å²) in [5.74, 6) is -2.09. The molecule has 0 amide bonds. The van der Waals surface area contributed by atoms with Crippen molar-refractivity contribution in [2.24, 2.45) is 0 Å². The van der Waals surface area contributed by atoms with Crippen LogP contribution in [0.5, 0.6) is 0 Å². The quantitative estimate of drug-likeness (QED) is 0.832. The zero-order chi connectivity index (χ0) is 14.7. The van der Waals surface area contributed by atoms with Crippen LogP contribution in [0.4, 0.5) is 20.2 Å². The minimum Gasteiger partial charge on any atom is -0.339 e. The van der Waals surface area contributed by atoms with Crippen molar-refractivity contribution in [2.45, 2.75) is 13.8 Å². The molecule has 2 aromatic carbocycles. The minimum atomic E-state index is -1.10. The normalized spacial score (nSPS) is 10.2. The Kier molecular flexibility index (Phi) is 3.99. The van der Waals surface area contributed by atoms with Crippen LogP contribution in [0.25, 0.3) is 0 Å². The second kappa shape index (κ2) is 5.70. The van der Waals surface area contributed by atoms with Crippen molar-refractivity contribution < 1.29 is 8.78 Å². The highest BCUT2D eigenvalue weighted by Crippen LogP contribution is 2.30. The molecular weight excluding hydrogens is 258 g/mol. The van der Waals surface area contributed by atoms with E-state index in [0.29, 0.717) is 6.54 Å². The molecule has 0 N–H and O–H groups in total. The second-order valence-corrected chi connectivity index (χ2v) is 4.46. The third-order valence-electron chi connectivity index (χ3n) is 3.10. The zero-order valence-corrected chi connectivity index (χ0v) is 11.3. The number of nitrogens with zero attached hydrogens (tertiary/aromatic N) is 2. The van der Waals surface area contributed by atoms with Gasteiger partial charge in [0.05, 0.1) is 11.3 Å². The van der Waals surface area contributed by atoms with Crippen LogP contribution in [0.15, 0.2) is 36.4 Å². The van der Waals surface area contributed by atoms with Crippen molar-refractivity contribution in [3.05, 3.63) is 59.2 Å². The summed E-state index contributed by atoms with van der Waals surface area (Å²) < 4.78 is 27.8. The summed E-state index contributed by atoms with van der Waals surface area (Å²) >= 11 is 0. The zero-order valence-electron chi connectivity index (χ0n) is 11.3. The summed E-state index contributed by atoms with van der Waals surface area (Å²) in [6.07, 6.45) is 0. The van der Waals surface area contributed by atoms with Gasteiger partial charge in [-0.25, -0.2) is 8.78 Å². The molecule has 0 atom stereocenters. The Labute approximate surface area is 116 Å². The van der Waals surface area contributed by atoms with E-state index in [9.17, 15) is 8.78 Å². The van der Waals surface area contributed by atoms with Crippen molar-refractivity contribution in [3.8, 4) is 6.07 Å². The third-order valence-corrected chi connectivity index (χ3v) is 3.10. The maximum Gasteiger partial charge on any atom is 0.183 e. The average Bonchev–Trinajstić information content (AvgIpc) is 2.44. The molecule has 2 rings (SSSR count). The van der Waals surface area contributed by atoms with Gasteiger partial charge in [0, 0.05) is 12.2 Å². The van der Waals surface area contributed by atoms with Crippen LogP contribution in [-0.2, 0) is 0 Å². The van der Waals surface area contributed by atoms with Crippen molar-refractivity contribution in [3.63, 3.8) is 0 Å². The number of rotatable bonds is 3. The molecule has 0 spiro atoms. The monoisotopic (exact) mass is 272 g/mol. The Hall–Kier alpha value is -2.41. The smallest absolute Gasteiger partial charge is 0.183 e. The van der Waals surface area contributed by atoms with E-state index in [2.05, 4.69) is 0 Å². The van der Waals surface area contributed by atoms with Gasteiger partial charge in [0.1, 0.15) is 6.07 Å². The molecule has 2 nitrogen and oxygen atoms in total. The van der Waals surface area contributed by atoms with Gasteiger partial charge in [0.2, 0.25) is 0 Å². The summed E-state index contributed by atoms with van der Waals surface area (Å²) in [5.41, 5.74) is 1.67. The van der Waals surface area contributed by atoms with Crippen LogP contribution >= 0.6 is 0 Å². The van der Waals surface area contributed by atoms with Gasteiger partial charge in [0.25, 0.3) is 0 Å². The van der Waals surface area contributed by atoms with Crippen LogP contribution in [0.2, 0.25) is 0 Å². The minimum absolute atomic E-state index is 0.134. The molecule has 0 unspecified atom stereocenters. The number of anilines is 2. The van der Waals surface area contributed by atoms with E-state index in [-0.39, 0.29) is 11.3 Å². The van der Waals surface area contributed by atoms with Gasteiger partial charge in [-0.2, -0.15) is 5.26 Å². The Bertz CT molecular complexity index is 675. The number of aryl methyl sites for hydroxylation is 1. The molecule has 0 bridgehead atoms. The maximum atomic E-state index is 14.1. The van der Waals surface area contributed by atoms with Gasteiger partial charge in [-0.3, -0.25) is 0 Å². The largest absolute Gasteiger partial charge is 0.339 e. The predicted molar refractivity (Wildman–Crippen MR) is 74.9 cm³/mol. The summed E-state index contributed by atoms with van der Waals surface area (Å²) in [6.45, 7) is 4.29. The van der Waals surface area contributed by atoms with Crippen molar-refractivity contribution in [2.75, 3.05) is 11.4 Å². The highest BCUT2D eigenvalue weighted by molar-refractivity contribution is 5.65. The first kappa shape index (κ1) is 14.0. The number of halogens is 2. The highest BCUT2D eigenvalue weighted by Gasteiger charge is 2.18. The molecule has 0 saturated heterocycles. The molecule has 0 fully saturated rings. The van der Waals surface area contributed by atoms with Gasteiger partial charge in [0.15, 0.2) is 11.6 Å². The summed E-state index contributed by atoms with van der Waals surface area (Å²) in [5, 5.41) is 8.71. The van der Waals surface area contributed by atoms with Crippen molar-refractivity contribution >= 4 is 11.4 Å². The SMILES string of the molecule is CCN(c1cccc(C)c1)c1ccc(C#N)c(F)c1F. The molecule has 0 aromatic heterocycles. The Morgan fingerprint density at radius 3 is 2.50 bits per heavy atom. The first-order chi connectivity index (χ1) is 9.58. The lowest BCUT2D eigenvalue weighted by molar-refractivity contribution is 0.506. The van der Waals surface area contributed by atoms with E-state index in [0.717, 1.165) is 11.3 Å². The summed E-state index contributed by atoms with van der Waals surface area (Å²) in [4.78, 5) is 1.67. The summed E-state index contributed by atoms with van der Waals surface area (Å²) in [6, 6.07) is 11.9. The molecule has 0 heterocycles. The summed E-state index contributed by atoms with van der Waals surface area (Å²) in [7, 11) is 0. The van der Waals surface area contributed by atoms with Crippen LogP contribution in [0.3, 0.4) is 0 Å². The van der Waals surface area contributed by atoms with Gasteiger partial charge < -0.3 is 4.90 Å². The standard InChI is InChI=1S/C16H14F2N2/c1-3-20(13-6-4-5-11(2)9-13)14-8-7-12(10-19)15(17)16(14)18/h4-9H,3H2,1-2H3. The number of hydrogen-bond acceptors (Lipinski definition) is 2. The van der Waals surface area contributed by atoms with E-state index in [4.69, 9.17) is 5.26 Å². The second-order valence-electron chi connectivity index (χ2n) is 4.46. The van der Waals surface area contributed by atoms with E-state index >= 15 is 0 Å². The lowest BCUT2D eigenvalue weighted by atomic mass is 10.1. The topological polar surface area (TPSA) is 27.0 Å². The van der Waals surface area contributed by atoms with Gasteiger partial charge >= 0.3 is 0 Å². The Morgan fingerprint density at radius 1 is 1.15 bits per heavy atom. The molecule has 2 aromatic rings. The fourth-order valence-electron chi connectivity index (χ4n) is 2.12. The third kappa shape index (κ3) is 2.48. The van der Waals surface area contributed by atoms with Crippen LogP contribution < -0.4 is 4.90 Å². The fourth-order valence-corrected chi connectivity index (χ4v) is 2.12. The molecule has 0 aliphatic carbocycles. The molecular formula is C16H14F2N2. The first-order valence-corrected chi connectivity index (χ1v) is 6.30. The molecule has 0 radical (unpaired) electrons. The number of hydrogen-bond donors (Lipinski definition) is 0. The lowest BCUT2D eigenvalue weighted by Crippen LogP contribution is -2.18. The Morgan fingerprint density at radius 2 is 1.90 bits per heavy atom. The first-order valence-electron chi connectivity index (χ1n) is 6.30. The maximum absolute atomic E-state index is 14.1. The molecule has 4 heteroatoms. The molecule has 0 saturated carbocycles. The predicted octanol–water partition coefficient (Wildman–Crippen LogP) is 4.30. The molecule has 102 valence electrons. The average molecular weight is 272 g/mol. The van der Waals surface area contributed by atoms with E-state index in [1.54, 1.807) is 11.0 Å². The van der Waals surface area contributed by atoms with Crippen molar-refractivity contribution in [1.82, 2.24) is 0 Å². The number of nitriles is 1.